The third-order valence-corrected chi connectivity index (χ3v) is 2.25. The summed E-state index contributed by atoms with van der Waals surface area (Å²) in [6.07, 6.45) is 1.80. The molecule has 0 saturated heterocycles. The van der Waals surface area contributed by atoms with Crippen LogP contribution in [-0.2, 0) is 4.74 Å². The van der Waals surface area contributed by atoms with Gasteiger partial charge in [-0.05, 0) is 26.7 Å². The normalized spacial score (nSPS) is 13.4. The molecular weight excluding hydrogens is 166 g/mol. The quantitative estimate of drug-likeness (QED) is 0.662. The molecule has 0 aliphatic carbocycles. The second kappa shape index (κ2) is 4.94. The largest absolute Gasteiger partial charge is 0.388 e. The third kappa shape index (κ3) is 6.02. The molecule has 0 unspecified atom stereocenters. The van der Waals surface area contributed by atoms with Crippen LogP contribution in [0.15, 0.2) is 0 Å². The number of hydrogen-bond donors (Lipinski definition) is 2. The predicted octanol–water partition coefficient (Wildman–Crippen LogP) is 1.29. The molecule has 0 atom stereocenters. The van der Waals surface area contributed by atoms with E-state index >= 15 is 0 Å². The highest BCUT2D eigenvalue weighted by Gasteiger charge is 2.22. The lowest BCUT2D eigenvalue weighted by atomic mass is 9.95. The van der Waals surface area contributed by atoms with Crippen molar-refractivity contribution in [1.29, 1.82) is 0 Å². The molecule has 0 rings (SSSR count). The molecule has 80 valence electrons. The molecule has 0 amide bonds. The summed E-state index contributed by atoms with van der Waals surface area (Å²) in [5, 5.41) is 9.39. The average molecular weight is 189 g/mol. The van der Waals surface area contributed by atoms with E-state index in [0.29, 0.717) is 13.2 Å². The number of aliphatic hydroxyl groups is 1. The predicted molar refractivity (Wildman–Crippen MR) is 54.6 cm³/mol. The van der Waals surface area contributed by atoms with E-state index in [4.69, 9.17) is 10.5 Å². The van der Waals surface area contributed by atoms with Crippen molar-refractivity contribution < 1.29 is 9.84 Å². The average Bonchev–Trinajstić information content (AvgIpc) is 2.02. The summed E-state index contributed by atoms with van der Waals surface area (Å²) in [4.78, 5) is 0. The lowest BCUT2D eigenvalue weighted by Gasteiger charge is -2.28. The fourth-order valence-electron chi connectivity index (χ4n) is 0.958. The second-order valence-electron chi connectivity index (χ2n) is 4.37. The lowest BCUT2D eigenvalue weighted by Crippen LogP contribution is -2.44. The SMILES string of the molecule is CCC(N)(CC)COCC(C)(C)O. The minimum absolute atomic E-state index is 0.231. The van der Waals surface area contributed by atoms with Gasteiger partial charge in [0.15, 0.2) is 0 Å². The Morgan fingerprint density at radius 2 is 1.62 bits per heavy atom. The Morgan fingerprint density at radius 1 is 1.15 bits per heavy atom. The van der Waals surface area contributed by atoms with Gasteiger partial charge >= 0.3 is 0 Å². The van der Waals surface area contributed by atoms with Crippen molar-refractivity contribution >= 4 is 0 Å². The van der Waals surface area contributed by atoms with Gasteiger partial charge in [0.2, 0.25) is 0 Å². The summed E-state index contributed by atoms with van der Waals surface area (Å²) < 4.78 is 5.37. The first-order valence-electron chi connectivity index (χ1n) is 4.92. The van der Waals surface area contributed by atoms with Gasteiger partial charge in [-0.2, -0.15) is 0 Å². The van der Waals surface area contributed by atoms with Crippen molar-refractivity contribution in [2.24, 2.45) is 5.73 Å². The molecule has 3 N–H and O–H groups in total. The first-order chi connectivity index (χ1) is 5.83. The minimum atomic E-state index is -0.762. The van der Waals surface area contributed by atoms with E-state index in [0.717, 1.165) is 12.8 Å². The fourth-order valence-corrected chi connectivity index (χ4v) is 0.958. The number of hydrogen-bond acceptors (Lipinski definition) is 3. The first-order valence-corrected chi connectivity index (χ1v) is 4.92. The van der Waals surface area contributed by atoms with Crippen molar-refractivity contribution in [1.82, 2.24) is 0 Å². The highest BCUT2D eigenvalue weighted by atomic mass is 16.5. The van der Waals surface area contributed by atoms with Crippen LogP contribution in [0.3, 0.4) is 0 Å². The van der Waals surface area contributed by atoms with Crippen molar-refractivity contribution in [2.45, 2.75) is 51.7 Å². The molecule has 0 aromatic carbocycles. The molecule has 13 heavy (non-hydrogen) atoms. The van der Waals surface area contributed by atoms with Crippen LogP contribution in [0.1, 0.15) is 40.5 Å². The van der Waals surface area contributed by atoms with Gasteiger partial charge in [-0.3, -0.25) is 0 Å². The van der Waals surface area contributed by atoms with E-state index in [1.807, 2.05) is 0 Å². The highest BCUT2D eigenvalue weighted by Crippen LogP contribution is 2.12. The highest BCUT2D eigenvalue weighted by molar-refractivity contribution is 4.80. The van der Waals surface area contributed by atoms with Gasteiger partial charge in [0.25, 0.3) is 0 Å². The molecule has 0 aromatic rings. The zero-order chi connectivity index (χ0) is 10.5. The van der Waals surface area contributed by atoms with Crippen LogP contribution >= 0.6 is 0 Å². The summed E-state index contributed by atoms with van der Waals surface area (Å²) in [5.74, 6) is 0. The number of ether oxygens (including phenoxy) is 1. The van der Waals surface area contributed by atoms with Gasteiger partial charge in [0.05, 0.1) is 18.8 Å². The van der Waals surface area contributed by atoms with E-state index in [1.165, 1.54) is 0 Å². The van der Waals surface area contributed by atoms with Crippen molar-refractivity contribution in [2.75, 3.05) is 13.2 Å². The monoisotopic (exact) mass is 189 g/mol. The van der Waals surface area contributed by atoms with Crippen LogP contribution in [0.25, 0.3) is 0 Å². The van der Waals surface area contributed by atoms with Gasteiger partial charge in [-0.15, -0.1) is 0 Å². The molecule has 0 saturated carbocycles. The Balaban J connectivity index is 3.74. The van der Waals surface area contributed by atoms with Gasteiger partial charge in [-0.25, -0.2) is 0 Å². The Hall–Kier alpha value is -0.120. The van der Waals surface area contributed by atoms with Crippen LogP contribution in [0.4, 0.5) is 0 Å². The summed E-state index contributed by atoms with van der Waals surface area (Å²) >= 11 is 0. The Bertz CT molecular complexity index is 136. The zero-order valence-electron chi connectivity index (χ0n) is 9.26. The maximum Gasteiger partial charge on any atom is 0.0824 e. The molecule has 0 bridgehead atoms. The lowest BCUT2D eigenvalue weighted by molar-refractivity contribution is -0.0351. The Labute approximate surface area is 81.3 Å². The molecule has 0 aliphatic heterocycles. The van der Waals surface area contributed by atoms with E-state index in [-0.39, 0.29) is 5.54 Å². The smallest absolute Gasteiger partial charge is 0.0824 e. The van der Waals surface area contributed by atoms with Crippen LogP contribution < -0.4 is 5.73 Å². The van der Waals surface area contributed by atoms with E-state index in [9.17, 15) is 5.11 Å². The van der Waals surface area contributed by atoms with Gasteiger partial charge in [0, 0.05) is 5.54 Å². The Kier molecular flexibility index (Phi) is 4.89. The van der Waals surface area contributed by atoms with Crippen LogP contribution in [0, 0.1) is 0 Å². The minimum Gasteiger partial charge on any atom is -0.388 e. The zero-order valence-corrected chi connectivity index (χ0v) is 9.26. The number of rotatable bonds is 6. The second-order valence-corrected chi connectivity index (χ2v) is 4.37. The van der Waals surface area contributed by atoms with Crippen LogP contribution in [0.5, 0.6) is 0 Å². The van der Waals surface area contributed by atoms with E-state index < -0.39 is 5.60 Å². The summed E-state index contributed by atoms with van der Waals surface area (Å²) in [6, 6.07) is 0. The van der Waals surface area contributed by atoms with E-state index in [2.05, 4.69) is 13.8 Å². The summed E-state index contributed by atoms with van der Waals surface area (Å²) in [7, 11) is 0. The molecular formula is C10H23NO2. The first kappa shape index (κ1) is 12.9. The topological polar surface area (TPSA) is 55.5 Å². The summed E-state index contributed by atoms with van der Waals surface area (Å²) in [5.41, 5.74) is 5.03. The van der Waals surface area contributed by atoms with Crippen LogP contribution in [-0.4, -0.2) is 29.5 Å². The standard InChI is InChI=1S/C10H23NO2/c1-5-10(11,6-2)8-13-7-9(3,4)12/h12H,5-8,11H2,1-4H3. The molecule has 0 spiro atoms. The van der Waals surface area contributed by atoms with Gasteiger partial charge in [-0.1, -0.05) is 13.8 Å². The summed E-state index contributed by atoms with van der Waals surface area (Å²) in [6.45, 7) is 8.41. The molecule has 0 aromatic heterocycles. The van der Waals surface area contributed by atoms with Crippen molar-refractivity contribution in [3.05, 3.63) is 0 Å². The molecule has 3 heteroatoms. The van der Waals surface area contributed by atoms with Crippen LogP contribution in [0.2, 0.25) is 0 Å². The molecule has 0 aliphatic rings. The molecule has 0 fully saturated rings. The Morgan fingerprint density at radius 3 is 1.92 bits per heavy atom. The fraction of sp³-hybridized carbons (Fsp3) is 1.00. The third-order valence-electron chi connectivity index (χ3n) is 2.25. The van der Waals surface area contributed by atoms with Crippen molar-refractivity contribution in [3.63, 3.8) is 0 Å². The van der Waals surface area contributed by atoms with Crippen molar-refractivity contribution in [3.8, 4) is 0 Å². The van der Waals surface area contributed by atoms with E-state index in [1.54, 1.807) is 13.8 Å². The molecule has 0 heterocycles. The van der Waals surface area contributed by atoms with Gasteiger partial charge in [0.1, 0.15) is 0 Å². The molecule has 3 nitrogen and oxygen atoms in total. The maximum atomic E-state index is 9.39. The number of nitrogens with two attached hydrogens (primary N) is 1. The maximum absolute atomic E-state index is 9.39. The van der Waals surface area contributed by atoms with Gasteiger partial charge < -0.3 is 15.6 Å². The molecule has 0 radical (unpaired) electrons.